The first-order valence-corrected chi connectivity index (χ1v) is 11.1. The van der Waals surface area contributed by atoms with Gasteiger partial charge in [-0.15, -0.1) is 11.8 Å². The van der Waals surface area contributed by atoms with Crippen LogP contribution in [-0.2, 0) is 11.3 Å². The van der Waals surface area contributed by atoms with Crippen molar-refractivity contribution >= 4 is 47.0 Å². The Bertz CT molecular complexity index is 1130. The standard InChI is InChI=1S/C21H17ClF3N3O4S/c22-11-3-1-10(2-4-11)8-28-15-5-12(18(29)27-17-7-21(17,24)25)13(23)6-16(15)33-9-14(19(28)30)26-20(31)32/h1-6,14,17,26H,7-9H2,(H,27,29)(H,31,32)/p-1/t14-,17?/m0/s1. The maximum Gasteiger partial charge on any atom is 0.270 e. The van der Waals surface area contributed by atoms with Crippen LogP contribution in [0, 0.1) is 5.82 Å². The van der Waals surface area contributed by atoms with Crippen molar-refractivity contribution in [3.05, 3.63) is 58.4 Å². The third-order valence-corrected chi connectivity index (χ3v) is 6.62. The lowest BCUT2D eigenvalue weighted by atomic mass is 10.1. The number of benzene rings is 2. The van der Waals surface area contributed by atoms with Crippen LogP contribution in [0.25, 0.3) is 0 Å². The molecule has 1 fully saturated rings. The van der Waals surface area contributed by atoms with Gasteiger partial charge in [0.15, 0.2) is 0 Å². The number of halogens is 4. The molecule has 1 heterocycles. The van der Waals surface area contributed by atoms with Gasteiger partial charge in [0.05, 0.1) is 23.8 Å². The van der Waals surface area contributed by atoms with E-state index in [9.17, 15) is 32.7 Å². The Labute approximate surface area is 195 Å². The number of amides is 3. The lowest BCUT2D eigenvalue weighted by Gasteiger charge is -2.27. The van der Waals surface area contributed by atoms with Gasteiger partial charge in [-0.3, -0.25) is 9.59 Å². The zero-order valence-electron chi connectivity index (χ0n) is 16.7. The van der Waals surface area contributed by atoms with Gasteiger partial charge in [-0.2, -0.15) is 0 Å². The Kier molecular flexibility index (Phi) is 6.19. The number of thioether (sulfide) groups is 1. The molecule has 0 aromatic heterocycles. The average Bonchev–Trinajstić information content (AvgIpc) is 3.37. The fraction of sp³-hybridized carbons (Fsp3) is 0.286. The van der Waals surface area contributed by atoms with Crippen LogP contribution < -0.4 is 20.6 Å². The highest BCUT2D eigenvalue weighted by molar-refractivity contribution is 7.99. The minimum atomic E-state index is -3.03. The number of rotatable bonds is 5. The van der Waals surface area contributed by atoms with Crippen molar-refractivity contribution in [2.75, 3.05) is 10.7 Å². The number of hydrogen-bond donors (Lipinski definition) is 2. The largest absolute Gasteiger partial charge is 0.530 e. The quantitative estimate of drug-likeness (QED) is 0.660. The zero-order valence-corrected chi connectivity index (χ0v) is 18.3. The Balaban J connectivity index is 1.71. The van der Waals surface area contributed by atoms with Crippen molar-refractivity contribution in [1.29, 1.82) is 0 Å². The Morgan fingerprint density at radius 2 is 1.88 bits per heavy atom. The number of carbonyl (C=O) groups excluding carboxylic acids is 3. The molecule has 2 aliphatic rings. The number of nitrogens with one attached hydrogen (secondary N) is 2. The molecule has 0 saturated heterocycles. The fourth-order valence-electron chi connectivity index (χ4n) is 3.38. The highest BCUT2D eigenvalue weighted by Crippen LogP contribution is 2.42. The lowest BCUT2D eigenvalue weighted by Crippen LogP contribution is -2.52. The van der Waals surface area contributed by atoms with Gasteiger partial charge in [0.1, 0.15) is 18.0 Å². The van der Waals surface area contributed by atoms with Gasteiger partial charge in [-0.25, -0.2) is 13.2 Å². The number of hydrogen-bond acceptors (Lipinski definition) is 5. The molecule has 33 heavy (non-hydrogen) atoms. The summed E-state index contributed by atoms with van der Waals surface area (Å²) in [6.45, 7) is -0.0395. The molecule has 12 heteroatoms. The molecule has 2 atom stereocenters. The second-order valence-electron chi connectivity index (χ2n) is 7.64. The van der Waals surface area contributed by atoms with E-state index in [0.29, 0.717) is 10.6 Å². The molecule has 1 aliphatic heterocycles. The molecule has 4 rings (SSSR count). The molecule has 0 bridgehead atoms. The van der Waals surface area contributed by atoms with Crippen LogP contribution in [0.3, 0.4) is 0 Å². The summed E-state index contributed by atoms with van der Waals surface area (Å²) in [5.74, 6) is -5.71. The smallest absolute Gasteiger partial charge is 0.270 e. The van der Waals surface area contributed by atoms with Gasteiger partial charge in [0.25, 0.3) is 17.7 Å². The maximum atomic E-state index is 14.7. The summed E-state index contributed by atoms with van der Waals surface area (Å²) in [5.41, 5.74) is 0.278. The molecule has 3 amide bonds. The van der Waals surface area contributed by atoms with E-state index in [1.165, 1.54) is 4.90 Å². The topological polar surface area (TPSA) is 102 Å². The van der Waals surface area contributed by atoms with Gasteiger partial charge in [0.2, 0.25) is 0 Å². The van der Waals surface area contributed by atoms with Crippen LogP contribution in [-0.4, -0.2) is 41.7 Å². The lowest BCUT2D eigenvalue weighted by molar-refractivity contribution is -0.251. The maximum absolute atomic E-state index is 14.7. The monoisotopic (exact) mass is 498 g/mol. The molecule has 1 saturated carbocycles. The normalized spacial score (nSPS) is 21.1. The van der Waals surface area contributed by atoms with E-state index in [1.807, 2.05) is 5.32 Å². The Morgan fingerprint density at radius 1 is 1.21 bits per heavy atom. The molecule has 174 valence electrons. The molecular formula is C21H16ClF3N3O4S-. The number of carbonyl (C=O) groups is 3. The average molecular weight is 499 g/mol. The third-order valence-electron chi connectivity index (χ3n) is 5.23. The summed E-state index contributed by atoms with van der Waals surface area (Å²) < 4.78 is 41.1. The van der Waals surface area contributed by atoms with Crippen LogP contribution >= 0.6 is 23.4 Å². The van der Waals surface area contributed by atoms with E-state index >= 15 is 0 Å². The van der Waals surface area contributed by atoms with Crippen molar-refractivity contribution in [1.82, 2.24) is 10.6 Å². The van der Waals surface area contributed by atoms with Crippen LogP contribution in [0.1, 0.15) is 22.3 Å². The number of carboxylic acid groups (broad SMARTS) is 1. The number of nitrogens with zero attached hydrogens (tertiary/aromatic N) is 1. The predicted octanol–water partition coefficient (Wildman–Crippen LogP) is 2.56. The zero-order chi connectivity index (χ0) is 23.9. The second-order valence-corrected chi connectivity index (χ2v) is 9.14. The SMILES string of the molecule is O=C([O-])N[C@H]1CSc2cc(F)c(C(=O)NC3CC3(F)F)cc2N(Cc2ccc(Cl)cc2)C1=O. The van der Waals surface area contributed by atoms with Crippen LogP contribution in [0.4, 0.5) is 23.7 Å². The summed E-state index contributed by atoms with van der Waals surface area (Å²) in [4.78, 5) is 38.2. The Morgan fingerprint density at radius 3 is 2.48 bits per heavy atom. The van der Waals surface area contributed by atoms with Crippen molar-refractivity contribution in [3.63, 3.8) is 0 Å². The predicted molar refractivity (Wildman–Crippen MR) is 113 cm³/mol. The van der Waals surface area contributed by atoms with Crippen molar-refractivity contribution in [2.45, 2.75) is 35.9 Å². The first-order chi connectivity index (χ1) is 15.5. The molecule has 2 aromatic carbocycles. The molecule has 0 radical (unpaired) electrons. The van der Waals surface area contributed by atoms with Gasteiger partial charge < -0.3 is 25.4 Å². The molecule has 1 unspecified atom stereocenters. The van der Waals surface area contributed by atoms with Crippen molar-refractivity contribution in [2.24, 2.45) is 0 Å². The van der Waals surface area contributed by atoms with E-state index in [4.69, 9.17) is 11.6 Å². The first kappa shape index (κ1) is 23.2. The van der Waals surface area contributed by atoms with E-state index in [2.05, 4.69) is 5.32 Å². The molecule has 2 N–H and O–H groups in total. The third kappa shape index (κ3) is 5.03. The van der Waals surface area contributed by atoms with Gasteiger partial charge in [-0.1, -0.05) is 23.7 Å². The fourth-order valence-corrected chi connectivity index (χ4v) is 4.58. The second kappa shape index (κ2) is 8.79. The van der Waals surface area contributed by atoms with Gasteiger partial charge in [0, 0.05) is 22.1 Å². The van der Waals surface area contributed by atoms with Gasteiger partial charge in [-0.05, 0) is 29.8 Å². The Hall–Kier alpha value is -2.92. The minimum Gasteiger partial charge on any atom is -0.530 e. The highest BCUT2D eigenvalue weighted by atomic mass is 35.5. The van der Waals surface area contributed by atoms with Crippen LogP contribution in [0.5, 0.6) is 0 Å². The molecule has 2 aromatic rings. The molecule has 0 spiro atoms. The van der Waals surface area contributed by atoms with E-state index in [1.54, 1.807) is 24.3 Å². The summed E-state index contributed by atoms with van der Waals surface area (Å²) >= 11 is 6.92. The van der Waals surface area contributed by atoms with Crippen LogP contribution in [0.2, 0.25) is 5.02 Å². The molecule has 1 aliphatic carbocycles. The summed E-state index contributed by atoms with van der Waals surface area (Å²) in [5, 5.41) is 15.7. The van der Waals surface area contributed by atoms with Gasteiger partial charge >= 0.3 is 0 Å². The van der Waals surface area contributed by atoms with Crippen molar-refractivity contribution < 1.29 is 32.7 Å². The summed E-state index contributed by atoms with van der Waals surface area (Å²) in [7, 11) is 0. The van der Waals surface area contributed by atoms with E-state index < -0.39 is 53.7 Å². The van der Waals surface area contributed by atoms with E-state index in [-0.39, 0.29) is 22.9 Å². The number of fused-ring (bicyclic) bond motifs is 1. The highest BCUT2D eigenvalue weighted by Gasteiger charge is 2.58. The molecule has 7 nitrogen and oxygen atoms in total. The van der Waals surface area contributed by atoms with Crippen LogP contribution in [0.15, 0.2) is 41.3 Å². The summed E-state index contributed by atoms with van der Waals surface area (Å²) in [6.07, 6.45) is -2.18. The van der Waals surface area contributed by atoms with E-state index in [0.717, 1.165) is 23.9 Å². The minimum absolute atomic E-state index is 0.0395. The first-order valence-electron chi connectivity index (χ1n) is 9.73. The number of alkyl halides is 2. The molecular weight excluding hydrogens is 483 g/mol. The summed E-state index contributed by atoms with van der Waals surface area (Å²) in [6, 6.07) is 6.09. The number of anilines is 1. The van der Waals surface area contributed by atoms with Crippen molar-refractivity contribution in [3.8, 4) is 0 Å².